The molecule has 0 spiro atoms. The summed E-state index contributed by atoms with van der Waals surface area (Å²) in [4.78, 5) is 14.6. The average molecular weight is 325 g/mol. The first-order valence-electron chi connectivity index (χ1n) is 8.74. The summed E-state index contributed by atoms with van der Waals surface area (Å²) in [5, 5.41) is 4.62. The number of likely N-dealkylation sites (tertiary alicyclic amines) is 1. The highest BCUT2D eigenvalue weighted by Crippen LogP contribution is 2.33. The zero-order valence-electron chi connectivity index (χ0n) is 15.1. The van der Waals surface area contributed by atoms with Gasteiger partial charge in [-0.3, -0.25) is 9.69 Å². The minimum atomic E-state index is -0.0596. The Bertz CT molecular complexity index is 773. The van der Waals surface area contributed by atoms with Crippen molar-refractivity contribution in [3.05, 3.63) is 63.6 Å². The first-order valence-corrected chi connectivity index (χ1v) is 8.74. The van der Waals surface area contributed by atoms with Crippen LogP contribution in [0.5, 0.6) is 0 Å². The number of benzene rings is 1. The van der Waals surface area contributed by atoms with Gasteiger partial charge in [0.05, 0.1) is 12.4 Å². The van der Waals surface area contributed by atoms with Crippen LogP contribution in [-0.2, 0) is 12.1 Å². The van der Waals surface area contributed by atoms with Crippen LogP contribution in [0.15, 0.2) is 41.2 Å². The maximum atomic E-state index is 12.3. The Kier molecular flexibility index (Phi) is 4.59. The van der Waals surface area contributed by atoms with Crippen LogP contribution in [0.1, 0.15) is 56.5 Å². The van der Waals surface area contributed by atoms with Gasteiger partial charge in [-0.2, -0.15) is 5.10 Å². The first kappa shape index (κ1) is 16.9. The first-order chi connectivity index (χ1) is 11.4. The van der Waals surface area contributed by atoms with Crippen molar-refractivity contribution in [1.29, 1.82) is 0 Å². The van der Waals surface area contributed by atoms with Gasteiger partial charge < -0.3 is 0 Å². The molecule has 1 saturated heterocycles. The molecular weight excluding hydrogens is 298 g/mol. The molecule has 1 fully saturated rings. The fourth-order valence-corrected chi connectivity index (χ4v) is 3.43. The van der Waals surface area contributed by atoms with Crippen LogP contribution in [0.4, 0.5) is 0 Å². The third-order valence-electron chi connectivity index (χ3n) is 4.86. The van der Waals surface area contributed by atoms with Gasteiger partial charge in [0, 0.05) is 24.1 Å². The van der Waals surface area contributed by atoms with Gasteiger partial charge in [-0.05, 0) is 37.0 Å². The molecule has 0 aliphatic carbocycles. The van der Waals surface area contributed by atoms with E-state index in [0.29, 0.717) is 12.7 Å². The molecule has 1 aliphatic heterocycles. The van der Waals surface area contributed by atoms with Crippen molar-refractivity contribution in [2.45, 2.75) is 58.7 Å². The smallest absolute Gasteiger partial charge is 0.267 e. The van der Waals surface area contributed by atoms with Crippen LogP contribution >= 0.6 is 0 Å². The summed E-state index contributed by atoms with van der Waals surface area (Å²) >= 11 is 0. The molecule has 0 unspecified atom stereocenters. The van der Waals surface area contributed by atoms with Gasteiger partial charge in [0.1, 0.15) is 0 Å². The van der Waals surface area contributed by atoms with Gasteiger partial charge >= 0.3 is 0 Å². The molecule has 1 atom stereocenters. The molecule has 4 heteroatoms. The van der Waals surface area contributed by atoms with Crippen LogP contribution in [0, 0.1) is 6.92 Å². The Labute approximate surface area is 144 Å². The van der Waals surface area contributed by atoms with Crippen molar-refractivity contribution in [1.82, 2.24) is 14.7 Å². The second kappa shape index (κ2) is 6.52. The van der Waals surface area contributed by atoms with E-state index in [4.69, 9.17) is 0 Å². The maximum absolute atomic E-state index is 12.3. The van der Waals surface area contributed by atoms with E-state index in [0.717, 1.165) is 25.1 Å². The fraction of sp³-hybridized carbons (Fsp3) is 0.500. The Balaban J connectivity index is 1.88. The minimum absolute atomic E-state index is 0.0292. The molecule has 4 nitrogen and oxygen atoms in total. The van der Waals surface area contributed by atoms with Crippen LogP contribution in [0.3, 0.4) is 0 Å². The van der Waals surface area contributed by atoms with Crippen LogP contribution in [-0.4, -0.2) is 21.2 Å². The van der Waals surface area contributed by atoms with E-state index in [-0.39, 0.29) is 11.0 Å². The largest absolute Gasteiger partial charge is 0.277 e. The molecule has 0 amide bonds. The Morgan fingerprint density at radius 2 is 1.92 bits per heavy atom. The number of aromatic nitrogens is 2. The monoisotopic (exact) mass is 325 g/mol. The van der Waals surface area contributed by atoms with Crippen molar-refractivity contribution < 1.29 is 0 Å². The molecule has 0 bridgehead atoms. The third-order valence-corrected chi connectivity index (χ3v) is 4.86. The predicted molar refractivity (Wildman–Crippen MR) is 97.1 cm³/mol. The van der Waals surface area contributed by atoms with Crippen molar-refractivity contribution >= 4 is 0 Å². The minimum Gasteiger partial charge on any atom is -0.277 e. The van der Waals surface area contributed by atoms with Gasteiger partial charge in [-0.25, -0.2) is 4.68 Å². The van der Waals surface area contributed by atoms with Crippen LogP contribution < -0.4 is 5.56 Å². The van der Waals surface area contributed by atoms with E-state index in [1.54, 1.807) is 10.7 Å². The van der Waals surface area contributed by atoms with Crippen molar-refractivity contribution in [2.24, 2.45) is 0 Å². The van der Waals surface area contributed by atoms with E-state index in [1.807, 2.05) is 6.07 Å². The third kappa shape index (κ3) is 3.44. The summed E-state index contributed by atoms with van der Waals surface area (Å²) in [6, 6.07) is 12.4. The number of nitrogens with zero attached hydrogens (tertiary/aromatic N) is 3. The molecule has 0 saturated carbocycles. The van der Waals surface area contributed by atoms with E-state index in [1.165, 1.54) is 11.1 Å². The van der Waals surface area contributed by atoms with E-state index < -0.39 is 0 Å². The molecule has 1 aliphatic rings. The maximum Gasteiger partial charge on any atom is 0.267 e. The molecule has 24 heavy (non-hydrogen) atoms. The van der Waals surface area contributed by atoms with E-state index in [2.05, 4.69) is 62.0 Å². The number of rotatable bonds is 3. The van der Waals surface area contributed by atoms with Gasteiger partial charge in [-0.1, -0.05) is 45.0 Å². The molecule has 3 rings (SSSR count). The summed E-state index contributed by atoms with van der Waals surface area (Å²) < 4.78 is 1.62. The lowest BCUT2D eigenvalue weighted by molar-refractivity contribution is 0.185. The summed E-state index contributed by atoms with van der Waals surface area (Å²) in [6.07, 6.45) is 2.30. The molecule has 128 valence electrons. The Morgan fingerprint density at radius 3 is 2.62 bits per heavy atom. The molecule has 1 aromatic carbocycles. The standard InChI is InChI=1S/C20H27N3O/c1-15-8-5-6-9-16(15)17-10-7-13-22(17)14-23-19(24)12-11-18(21-23)20(2,3)4/h5-6,8-9,11-12,17H,7,10,13-14H2,1-4H3/t17-/m1/s1. The highest BCUT2D eigenvalue weighted by molar-refractivity contribution is 5.29. The second-order valence-corrected chi connectivity index (χ2v) is 7.77. The van der Waals surface area contributed by atoms with Gasteiger partial charge in [-0.15, -0.1) is 0 Å². The summed E-state index contributed by atoms with van der Waals surface area (Å²) in [6.45, 7) is 10.1. The van der Waals surface area contributed by atoms with Gasteiger partial charge in [0.25, 0.3) is 5.56 Å². The molecular formula is C20H27N3O. The summed E-state index contributed by atoms with van der Waals surface area (Å²) in [5.41, 5.74) is 3.55. The lowest BCUT2D eigenvalue weighted by Gasteiger charge is -2.27. The van der Waals surface area contributed by atoms with Crippen molar-refractivity contribution in [3.8, 4) is 0 Å². The lowest BCUT2D eigenvalue weighted by atomic mass is 9.92. The molecule has 2 aromatic rings. The van der Waals surface area contributed by atoms with Gasteiger partial charge in [0.15, 0.2) is 0 Å². The lowest BCUT2D eigenvalue weighted by Crippen LogP contribution is -2.35. The zero-order chi connectivity index (χ0) is 17.3. The van der Waals surface area contributed by atoms with E-state index >= 15 is 0 Å². The number of hydrogen-bond acceptors (Lipinski definition) is 3. The molecule has 2 heterocycles. The second-order valence-electron chi connectivity index (χ2n) is 7.77. The fourth-order valence-electron chi connectivity index (χ4n) is 3.43. The average Bonchev–Trinajstić information content (AvgIpc) is 2.97. The van der Waals surface area contributed by atoms with Crippen molar-refractivity contribution in [2.75, 3.05) is 6.54 Å². The Morgan fingerprint density at radius 1 is 1.17 bits per heavy atom. The molecule has 0 N–H and O–H groups in total. The highest BCUT2D eigenvalue weighted by atomic mass is 16.1. The van der Waals surface area contributed by atoms with Crippen molar-refractivity contribution in [3.63, 3.8) is 0 Å². The molecule has 0 radical (unpaired) electrons. The number of hydrogen-bond donors (Lipinski definition) is 0. The predicted octanol–water partition coefficient (Wildman–Crippen LogP) is 3.64. The SMILES string of the molecule is Cc1ccccc1[C@H]1CCCN1Cn1nc(C(C)(C)C)ccc1=O. The van der Waals surface area contributed by atoms with Crippen LogP contribution in [0.25, 0.3) is 0 Å². The molecule has 1 aromatic heterocycles. The van der Waals surface area contributed by atoms with Gasteiger partial charge in [0.2, 0.25) is 0 Å². The Hall–Kier alpha value is -1.94. The topological polar surface area (TPSA) is 38.1 Å². The summed E-state index contributed by atoms with van der Waals surface area (Å²) in [5.74, 6) is 0. The zero-order valence-corrected chi connectivity index (χ0v) is 15.1. The van der Waals surface area contributed by atoms with E-state index in [9.17, 15) is 4.79 Å². The highest BCUT2D eigenvalue weighted by Gasteiger charge is 2.28. The van der Waals surface area contributed by atoms with Crippen LogP contribution in [0.2, 0.25) is 0 Å². The number of aryl methyl sites for hydroxylation is 1. The summed E-state index contributed by atoms with van der Waals surface area (Å²) in [7, 11) is 0. The quantitative estimate of drug-likeness (QED) is 0.864. The normalized spacial score (nSPS) is 18.9.